The zero-order valence-corrected chi connectivity index (χ0v) is 57.4. The van der Waals surface area contributed by atoms with Crippen LogP contribution < -0.4 is 0 Å². The fourth-order valence-corrected chi connectivity index (χ4v) is 11.6. The molecule has 0 bridgehead atoms. The number of hydrogen-bond donors (Lipinski definition) is 3. The van der Waals surface area contributed by atoms with E-state index < -0.39 is 97.5 Å². The van der Waals surface area contributed by atoms with E-state index in [0.717, 1.165) is 95.8 Å². The van der Waals surface area contributed by atoms with Crippen molar-refractivity contribution in [2.24, 2.45) is 11.8 Å². The number of aliphatic hydroxyl groups excluding tert-OH is 1. The summed E-state index contributed by atoms with van der Waals surface area (Å²) >= 11 is 0. The van der Waals surface area contributed by atoms with Crippen LogP contribution in [-0.4, -0.2) is 96.7 Å². The van der Waals surface area contributed by atoms with Gasteiger partial charge < -0.3 is 33.8 Å². The maximum absolute atomic E-state index is 13.0. The van der Waals surface area contributed by atoms with Gasteiger partial charge in [-0.25, -0.2) is 9.13 Å². The zero-order valence-electron chi connectivity index (χ0n) is 55.6. The average molecular weight is 1270 g/mol. The Morgan fingerprint density at radius 3 is 0.884 bits per heavy atom. The van der Waals surface area contributed by atoms with E-state index in [-0.39, 0.29) is 25.7 Å². The number of ether oxygens (including phenoxy) is 4. The molecule has 86 heavy (non-hydrogen) atoms. The highest BCUT2D eigenvalue weighted by Crippen LogP contribution is 2.45. The lowest BCUT2D eigenvalue weighted by atomic mass is 9.99. The van der Waals surface area contributed by atoms with E-state index in [1.807, 2.05) is 0 Å². The Kier molecular flexibility index (Phi) is 58.0. The molecule has 19 heteroatoms. The summed E-state index contributed by atoms with van der Waals surface area (Å²) in [7, 11) is -9.89. The molecule has 0 aromatic heterocycles. The number of phosphoric ester groups is 2. The lowest BCUT2D eigenvalue weighted by Gasteiger charge is -2.21. The molecule has 3 N–H and O–H groups in total. The first kappa shape index (κ1) is 84.1. The van der Waals surface area contributed by atoms with Gasteiger partial charge in [0.05, 0.1) is 26.4 Å². The topological polar surface area (TPSA) is 237 Å². The van der Waals surface area contributed by atoms with Crippen LogP contribution in [-0.2, 0) is 65.4 Å². The molecule has 0 saturated carbocycles. The molecule has 0 amide bonds. The smallest absolute Gasteiger partial charge is 0.462 e. The van der Waals surface area contributed by atoms with Crippen molar-refractivity contribution in [3.8, 4) is 0 Å². The van der Waals surface area contributed by atoms with Gasteiger partial charge in [0.15, 0.2) is 12.2 Å². The highest BCUT2D eigenvalue weighted by molar-refractivity contribution is 7.47. The predicted molar refractivity (Wildman–Crippen MR) is 345 cm³/mol. The van der Waals surface area contributed by atoms with Gasteiger partial charge in [0.1, 0.15) is 19.3 Å². The third kappa shape index (κ3) is 59.7. The van der Waals surface area contributed by atoms with E-state index in [0.29, 0.717) is 31.6 Å². The van der Waals surface area contributed by atoms with Gasteiger partial charge in [-0.3, -0.25) is 37.3 Å². The molecule has 3 unspecified atom stereocenters. The van der Waals surface area contributed by atoms with E-state index in [2.05, 4.69) is 41.5 Å². The van der Waals surface area contributed by atoms with Crippen LogP contribution in [0.1, 0.15) is 337 Å². The lowest BCUT2D eigenvalue weighted by molar-refractivity contribution is -0.161. The van der Waals surface area contributed by atoms with Crippen LogP contribution >= 0.6 is 15.6 Å². The number of phosphoric acid groups is 2. The van der Waals surface area contributed by atoms with Crippen molar-refractivity contribution in [1.82, 2.24) is 0 Å². The number of unbranched alkanes of at least 4 members (excludes halogenated alkanes) is 35. The Labute approximate surface area is 524 Å². The molecule has 0 saturated heterocycles. The van der Waals surface area contributed by atoms with Gasteiger partial charge >= 0.3 is 39.5 Å². The Hall–Kier alpha value is -1.94. The van der Waals surface area contributed by atoms with Crippen LogP contribution in [0.5, 0.6) is 0 Å². The molecular formula is C67H130O17P2. The molecule has 0 aromatic carbocycles. The molecule has 510 valence electrons. The van der Waals surface area contributed by atoms with Gasteiger partial charge in [0, 0.05) is 25.7 Å². The van der Waals surface area contributed by atoms with Crippen LogP contribution in [0.4, 0.5) is 0 Å². The van der Waals surface area contributed by atoms with E-state index in [1.54, 1.807) is 0 Å². The molecular weight excluding hydrogens is 1140 g/mol. The Morgan fingerprint density at radius 2 is 0.593 bits per heavy atom. The third-order valence-electron chi connectivity index (χ3n) is 15.8. The van der Waals surface area contributed by atoms with Crippen molar-refractivity contribution in [1.29, 1.82) is 0 Å². The third-order valence-corrected chi connectivity index (χ3v) is 17.7. The Bertz CT molecular complexity index is 1690. The normalized spacial score (nSPS) is 14.5. The Morgan fingerprint density at radius 1 is 0.337 bits per heavy atom. The molecule has 6 atom stereocenters. The second-order valence-electron chi connectivity index (χ2n) is 24.9. The summed E-state index contributed by atoms with van der Waals surface area (Å²) in [4.78, 5) is 72.3. The fraction of sp³-hybridized carbons (Fsp3) is 0.940. The monoisotopic (exact) mass is 1270 g/mol. The molecule has 0 aliphatic carbocycles. The van der Waals surface area contributed by atoms with Crippen molar-refractivity contribution in [3.63, 3.8) is 0 Å². The predicted octanol–water partition coefficient (Wildman–Crippen LogP) is 18.8. The summed E-state index contributed by atoms with van der Waals surface area (Å²) in [6.07, 6.45) is 43.2. The number of esters is 4. The summed E-state index contributed by atoms with van der Waals surface area (Å²) in [6.45, 7) is 9.42. The van der Waals surface area contributed by atoms with Crippen LogP contribution in [0.3, 0.4) is 0 Å². The van der Waals surface area contributed by atoms with Gasteiger partial charge in [-0.2, -0.15) is 0 Å². The minimum atomic E-state index is -4.95. The maximum Gasteiger partial charge on any atom is 0.472 e. The van der Waals surface area contributed by atoms with E-state index in [1.165, 1.54) is 154 Å². The second kappa shape index (κ2) is 59.4. The first-order chi connectivity index (χ1) is 41.4. The molecule has 0 aromatic rings. The van der Waals surface area contributed by atoms with Crippen LogP contribution in [0.2, 0.25) is 0 Å². The molecule has 0 heterocycles. The molecule has 0 rings (SSSR count). The van der Waals surface area contributed by atoms with E-state index in [4.69, 9.17) is 37.0 Å². The zero-order chi connectivity index (χ0) is 63.6. The molecule has 0 aliphatic rings. The maximum atomic E-state index is 13.0. The van der Waals surface area contributed by atoms with Gasteiger partial charge in [-0.1, -0.05) is 286 Å². The van der Waals surface area contributed by atoms with Gasteiger partial charge in [-0.15, -0.1) is 0 Å². The van der Waals surface area contributed by atoms with Crippen molar-refractivity contribution in [2.75, 3.05) is 39.6 Å². The summed E-state index contributed by atoms with van der Waals surface area (Å²) in [5, 5.41) is 10.6. The number of hydrogen-bond acceptors (Lipinski definition) is 15. The van der Waals surface area contributed by atoms with Crippen LogP contribution in [0.15, 0.2) is 0 Å². The summed E-state index contributed by atoms with van der Waals surface area (Å²) in [6, 6.07) is 0. The van der Waals surface area contributed by atoms with Crippen LogP contribution in [0.25, 0.3) is 0 Å². The summed E-state index contributed by atoms with van der Waals surface area (Å²) in [5.74, 6) is -0.686. The van der Waals surface area contributed by atoms with Crippen molar-refractivity contribution >= 4 is 39.5 Å². The first-order valence-corrected chi connectivity index (χ1v) is 38.0. The quantitative estimate of drug-likeness (QED) is 0.0222. The van der Waals surface area contributed by atoms with E-state index in [9.17, 15) is 43.2 Å². The highest BCUT2D eigenvalue weighted by Gasteiger charge is 2.30. The van der Waals surface area contributed by atoms with Crippen molar-refractivity contribution in [3.05, 3.63) is 0 Å². The van der Waals surface area contributed by atoms with Gasteiger partial charge in [-0.05, 0) is 37.5 Å². The summed E-state index contributed by atoms with van der Waals surface area (Å²) < 4.78 is 68.1. The standard InChI is InChI=1S/C67H130O17P2/c1-7-10-12-14-16-18-19-20-21-22-23-24-26-32-39-45-51-66(71)83-62(55-78-65(70)50-44-38-31-28-27-29-36-42-48-60(6)9-3)57-81-85(73,74)79-53-61(68)54-80-86(75,76)82-58-63(84-67(72)52-46-40-34-33-35-41-47-59(4)5)56-77-64(69)49-43-37-30-25-17-15-13-11-8-2/h59-63,68H,7-58H2,1-6H3,(H,73,74)(H,75,76)/t60?,61-,62-,63-/m1/s1. The van der Waals surface area contributed by atoms with Crippen LogP contribution in [0, 0.1) is 11.8 Å². The second-order valence-corrected chi connectivity index (χ2v) is 27.8. The van der Waals surface area contributed by atoms with Crippen molar-refractivity contribution in [2.45, 2.75) is 355 Å². The minimum Gasteiger partial charge on any atom is -0.462 e. The largest absolute Gasteiger partial charge is 0.472 e. The number of aliphatic hydroxyl groups is 1. The lowest BCUT2D eigenvalue weighted by Crippen LogP contribution is -2.30. The highest BCUT2D eigenvalue weighted by atomic mass is 31.2. The molecule has 17 nitrogen and oxygen atoms in total. The Balaban J connectivity index is 5.22. The van der Waals surface area contributed by atoms with Gasteiger partial charge in [0.2, 0.25) is 0 Å². The number of rotatable bonds is 66. The SMILES string of the molecule is CCCCCCCCCCCCCCCCCCC(=O)O[C@H](COC(=O)CCCCCCCCCCC(C)CC)COP(=O)(O)OC[C@@H](O)COP(=O)(O)OC[C@@H](COC(=O)CCCCCCCCCCC)OC(=O)CCCCCCCCC(C)C. The summed E-state index contributed by atoms with van der Waals surface area (Å²) in [5.41, 5.74) is 0. The fourth-order valence-electron chi connectivity index (χ4n) is 10.0. The molecule has 0 aliphatic heterocycles. The van der Waals surface area contributed by atoms with Gasteiger partial charge in [0.25, 0.3) is 0 Å². The molecule has 0 spiro atoms. The molecule has 0 fully saturated rings. The minimum absolute atomic E-state index is 0.102. The molecule has 0 radical (unpaired) electrons. The van der Waals surface area contributed by atoms with E-state index >= 15 is 0 Å². The number of carbonyl (C=O) groups is 4. The van der Waals surface area contributed by atoms with Crippen molar-refractivity contribution < 1.29 is 80.2 Å². The average Bonchev–Trinajstić information content (AvgIpc) is 3.56. The number of carbonyl (C=O) groups excluding carboxylic acids is 4. The first-order valence-electron chi connectivity index (χ1n) is 35.0.